The molecule has 0 aliphatic rings. The Kier molecular flexibility index (Phi) is 14.1. The number of non-ortho nitro benzene ring substituents is 1. The number of sulfonamides is 1. The number of ether oxygens (including phenoxy) is 1. The maximum absolute atomic E-state index is 13.1. The van der Waals surface area contributed by atoms with E-state index in [0.717, 1.165) is 4.83 Å². The second-order valence-electron chi connectivity index (χ2n) is 11.0. The maximum atomic E-state index is 13.1. The van der Waals surface area contributed by atoms with Gasteiger partial charge in [0.15, 0.2) is 0 Å². The number of alkyl carbamates (subject to hydrolysis) is 1. The van der Waals surface area contributed by atoms with E-state index < -0.39 is 57.5 Å². The van der Waals surface area contributed by atoms with E-state index in [4.69, 9.17) is 4.74 Å². The summed E-state index contributed by atoms with van der Waals surface area (Å²) < 4.78 is 39.7. The number of nitro benzene ring substituents is 1. The standard InChI is InChI=1S/C17H16N5O7S2.3C4H9.Sn/c23-14(15-16-21(11-19-15)6-7-30-16)9-20-31(27,28)8-5-18-17(24)29-10-12-1-3-13(4-2-12)22(25)26;3*1-3-4-2;/h1-4,6,11,20H,5,8-10H2,(H,18,24);3*1,3-4H2,2H3;. The van der Waals surface area contributed by atoms with Gasteiger partial charge in [-0.05, 0) is 17.7 Å². The van der Waals surface area contributed by atoms with Crippen LogP contribution in [0.15, 0.2) is 36.8 Å². The zero-order valence-electron chi connectivity index (χ0n) is 25.7. The summed E-state index contributed by atoms with van der Waals surface area (Å²) in [5.41, 5.74) is 0.740. The number of nitro groups is 1. The number of hydrogen-bond acceptors (Lipinski definition) is 9. The van der Waals surface area contributed by atoms with Gasteiger partial charge < -0.3 is 4.74 Å². The summed E-state index contributed by atoms with van der Waals surface area (Å²) >= 11 is -1.02. The van der Waals surface area contributed by atoms with Crippen molar-refractivity contribution in [1.29, 1.82) is 0 Å². The number of carbonyl (C=O) groups is 2. The number of nitrogens with zero attached hydrogens (tertiary/aromatic N) is 3. The molecule has 2 aromatic heterocycles. The molecule has 0 aliphatic carbocycles. The molecule has 44 heavy (non-hydrogen) atoms. The van der Waals surface area contributed by atoms with E-state index in [1.807, 2.05) is 4.40 Å². The van der Waals surface area contributed by atoms with Crippen LogP contribution in [0.4, 0.5) is 10.5 Å². The average Bonchev–Trinajstić information content (AvgIpc) is 3.61. The minimum atomic E-state index is -3.87. The number of nitrogens with one attached hydrogen (secondary N) is 2. The predicted molar refractivity (Wildman–Crippen MR) is 175 cm³/mol. The van der Waals surface area contributed by atoms with Crippen LogP contribution < -0.4 is 12.9 Å². The Balaban J connectivity index is 1.56. The van der Waals surface area contributed by atoms with Gasteiger partial charge in [-0.3, -0.25) is 10.1 Å². The Morgan fingerprint density at radius 3 is 2.23 bits per heavy atom. The molecule has 0 saturated carbocycles. The summed E-state index contributed by atoms with van der Waals surface area (Å²) in [6, 6.07) is 5.53. The first kappa shape index (κ1) is 35.9. The first-order valence-corrected chi connectivity index (χ1v) is 25.1. The zero-order chi connectivity index (χ0) is 32.2. The minimum absolute atomic E-state index is 0.0800. The number of carbonyl (C=O) groups excluding carboxylic acids is 2. The van der Waals surface area contributed by atoms with Gasteiger partial charge in [-0.2, -0.15) is 0 Å². The summed E-state index contributed by atoms with van der Waals surface area (Å²) in [6.45, 7) is 5.93. The van der Waals surface area contributed by atoms with Crippen molar-refractivity contribution in [3.05, 3.63) is 58.2 Å². The van der Waals surface area contributed by atoms with Crippen molar-refractivity contribution in [2.24, 2.45) is 0 Å². The fraction of sp³-hybridized carbons (Fsp3) is 0.552. The molecule has 1 aromatic carbocycles. The normalized spacial score (nSPS) is 12.0. The van der Waals surface area contributed by atoms with Gasteiger partial charge in [0.2, 0.25) is 0 Å². The number of unbranched alkanes of at least 4 members (excludes halogenated alkanes) is 3. The molecule has 1 amide bonds. The van der Waals surface area contributed by atoms with Crippen molar-refractivity contribution >= 4 is 65.0 Å². The van der Waals surface area contributed by atoms with Crippen molar-refractivity contribution in [1.82, 2.24) is 19.4 Å². The summed E-state index contributed by atoms with van der Waals surface area (Å²) in [6.07, 6.45) is 10.2. The molecular weight excluding hydrogens is 713 g/mol. The molecule has 0 aliphatic heterocycles. The van der Waals surface area contributed by atoms with Gasteiger partial charge in [0.1, 0.15) is 6.61 Å². The Labute approximate surface area is 267 Å². The Morgan fingerprint density at radius 2 is 1.66 bits per heavy atom. The number of ketones is 1. The third-order valence-electron chi connectivity index (χ3n) is 7.63. The molecule has 0 unspecified atom stereocenters. The number of Topliss-reactive ketones (excluding diaryl/α,β-unsaturated/α-hetero) is 1. The number of fused-ring (bicyclic) bond motifs is 1. The number of amides is 1. The summed E-state index contributed by atoms with van der Waals surface area (Å²) in [7, 11) is -3.87. The van der Waals surface area contributed by atoms with Gasteiger partial charge in [-0.15, -0.1) is 0 Å². The zero-order valence-corrected chi connectivity index (χ0v) is 30.2. The molecule has 0 bridgehead atoms. The monoisotopic (exact) mass is 757 g/mol. The molecular formula is C29H43N5O7S2Sn. The number of rotatable bonds is 20. The molecule has 12 nitrogen and oxygen atoms in total. The molecule has 3 rings (SSSR count). The number of aromatic nitrogens is 2. The van der Waals surface area contributed by atoms with Crippen molar-refractivity contribution in [2.75, 3.05) is 18.8 Å². The molecule has 0 spiro atoms. The van der Waals surface area contributed by atoms with E-state index in [0.29, 0.717) is 5.56 Å². The predicted octanol–water partition coefficient (Wildman–Crippen LogP) is 5.39. The van der Waals surface area contributed by atoms with Gasteiger partial charge in [0, 0.05) is 12.1 Å². The molecule has 2 N–H and O–H groups in total. The molecule has 242 valence electrons. The van der Waals surface area contributed by atoms with Crippen LogP contribution in [0.1, 0.15) is 75.3 Å². The second-order valence-corrected chi connectivity index (χ2v) is 28.1. The Morgan fingerprint density at radius 1 is 1.05 bits per heavy atom. The van der Waals surface area contributed by atoms with Crippen LogP contribution in [0.5, 0.6) is 0 Å². The number of imidazole rings is 1. The molecule has 0 atom stereocenters. The molecule has 2 heterocycles. The third-order valence-corrected chi connectivity index (χ3v) is 28.2. The van der Waals surface area contributed by atoms with Crippen LogP contribution in [-0.4, -0.2) is 71.8 Å². The number of benzene rings is 1. The van der Waals surface area contributed by atoms with E-state index in [1.165, 1.54) is 79.0 Å². The van der Waals surface area contributed by atoms with Gasteiger partial charge in [-0.25, -0.2) is 4.79 Å². The van der Waals surface area contributed by atoms with Crippen molar-refractivity contribution < 1.29 is 27.7 Å². The molecule has 15 heteroatoms. The van der Waals surface area contributed by atoms with Crippen LogP contribution in [0.2, 0.25) is 13.3 Å². The first-order valence-electron chi connectivity index (χ1n) is 15.2. The molecule has 0 radical (unpaired) electrons. The van der Waals surface area contributed by atoms with Gasteiger partial charge in [0.25, 0.3) is 5.69 Å². The quantitative estimate of drug-likeness (QED) is 0.0672. The van der Waals surface area contributed by atoms with E-state index in [9.17, 15) is 28.1 Å². The fourth-order valence-electron chi connectivity index (χ4n) is 5.06. The summed E-state index contributed by atoms with van der Waals surface area (Å²) in [5, 5.41) is 13.1. The van der Waals surface area contributed by atoms with E-state index >= 15 is 0 Å². The topological polar surface area (TPSA) is 162 Å². The Hall–Kier alpha value is -2.56. The van der Waals surface area contributed by atoms with Crippen LogP contribution in [0.25, 0.3) is 4.83 Å². The van der Waals surface area contributed by atoms with Crippen LogP contribution in [0.3, 0.4) is 0 Å². The van der Waals surface area contributed by atoms with Crippen molar-refractivity contribution in [2.45, 2.75) is 79.2 Å². The molecule has 0 saturated heterocycles. The van der Waals surface area contributed by atoms with Gasteiger partial charge in [-0.1, -0.05) is 0 Å². The van der Waals surface area contributed by atoms with Crippen LogP contribution in [0, 0.1) is 10.1 Å². The van der Waals surface area contributed by atoms with E-state index in [1.54, 1.807) is 17.7 Å². The Bertz CT molecular complexity index is 1480. The van der Waals surface area contributed by atoms with Crippen LogP contribution in [-0.2, 0) is 21.4 Å². The van der Waals surface area contributed by atoms with Crippen molar-refractivity contribution in [3.8, 4) is 0 Å². The number of thiazole rings is 1. The van der Waals surface area contributed by atoms with Gasteiger partial charge in [0.05, 0.1) is 4.92 Å². The summed E-state index contributed by atoms with van der Waals surface area (Å²) in [5.74, 6) is -0.853. The van der Waals surface area contributed by atoms with Crippen LogP contribution >= 0.6 is 11.3 Å². The molecule has 0 fully saturated rings. The first-order chi connectivity index (χ1) is 21.0. The average molecular weight is 757 g/mol. The summed E-state index contributed by atoms with van der Waals surface area (Å²) in [4.78, 5) is 40.3. The fourth-order valence-corrected chi connectivity index (χ4v) is 26.0. The second kappa shape index (κ2) is 17.2. The molecule has 3 aromatic rings. The third kappa shape index (κ3) is 10.2. The van der Waals surface area contributed by atoms with Gasteiger partial charge >= 0.3 is 202 Å². The SMILES string of the molecule is CCC[CH2][Sn]([CH2]CCC)([CH2]CCC)[c]1cn2cnc(C(=O)CNS(=O)(=O)CCNC(=O)OCc3ccc([N+](=O)[O-])cc3)c2s1. The van der Waals surface area contributed by atoms with E-state index in [-0.39, 0.29) is 24.5 Å². The van der Waals surface area contributed by atoms with E-state index in [2.05, 4.69) is 42.0 Å². The number of hydrogen-bond donors (Lipinski definition) is 2. The van der Waals surface area contributed by atoms with Crippen molar-refractivity contribution in [3.63, 3.8) is 0 Å².